The van der Waals surface area contributed by atoms with Gasteiger partial charge in [-0.2, -0.15) is 5.26 Å². The number of anilines is 1. The minimum Gasteiger partial charge on any atom is -0.354 e. The average molecular weight is 247 g/mol. The topological polar surface area (TPSA) is 81.9 Å². The number of hydrogen-bond donors (Lipinski definition) is 1. The van der Waals surface area contributed by atoms with E-state index in [1.165, 1.54) is 0 Å². The van der Waals surface area contributed by atoms with Crippen molar-refractivity contribution in [1.82, 2.24) is 15.5 Å². The van der Waals surface area contributed by atoms with Gasteiger partial charge in [0.15, 0.2) is 11.5 Å². The van der Waals surface area contributed by atoms with Crippen molar-refractivity contribution in [2.75, 3.05) is 18.5 Å². The number of nitrogens with one attached hydrogen (secondary N) is 1. The maximum absolute atomic E-state index is 11.3. The molecule has 0 spiro atoms. The minimum atomic E-state index is -0.262. The monoisotopic (exact) mass is 247 g/mol. The fraction of sp³-hybridized carbons (Fsp3) is 0.500. The van der Waals surface area contributed by atoms with Crippen LogP contribution in [0.1, 0.15) is 30.8 Å². The Labute approximate surface area is 107 Å². The Balaban J connectivity index is 2.87. The predicted molar refractivity (Wildman–Crippen MR) is 68.1 cm³/mol. The van der Waals surface area contributed by atoms with Crippen molar-refractivity contribution in [1.29, 1.82) is 5.26 Å². The number of nitrogens with zero attached hydrogens (tertiary/aromatic N) is 4. The Morgan fingerprint density at radius 1 is 1.50 bits per heavy atom. The third-order valence-electron chi connectivity index (χ3n) is 2.49. The number of carbonyl (C=O) groups excluding carboxylic acids is 1. The lowest BCUT2D eigenvalue weighted by Crippen LogP contribution is -2.32. The lowest BCUT2D eigenvalue weighted by molar-refractivity contribution is 0.0957. The molecule has 0 aliphatic carbocycles. The van der Waals surface area contributed by atoms with Crippen LogP contribution in [0.5, 0.6) is 0 Å². The van der Waals surface area contributed by atoms with Crippen molar-refractivity contribution in [2.24, 2.45) is 0 Å². The van der Waals surface area contributed by atoms with E-state index in [-0.39, 0.29) is 17.6 Å². The van der Waals surface area contributed by atoms with Crippen molar-refractivity contribution in [3.05, 3.63) is 17.8 Å². The van der Waals surface area contributed by atoms with E-state index in [1.54, 1.807) is 19.2 Å². The second-order valence-corrected chi connectivity index (χ2v) is 4.05. The molecular formula is C12H17N5O. The molecule has 1 N–H and O–H groups in total. The molecule has 1 aromatic heterocycles. The molecule has 6 nitrogen and oxygen atoms in total. The fourth-order valence-corrected chi connectivity index (χ4v) is 1.54. The van der Waals surface area contributed by atoms with Crippen LogP contribution in [-0.2, 0) is 0 Å². The van der Waals surface area contributed by atoms with Crippen molar-refractivity contribution >= 4 is 11.7 Å². The Kier molecular flexibility index (Phi) is 5.06. The number of carbonyl (C=O) groups is 1. The third kappa shape index (κ3) is 3.42. The van der Waals surface area contributed by atoms with Crippen LogP contribution in [0.2, 0.25) is 0 Å². The van der Waals surface area contributed by atoms with Gasteiger partial charge in [-0.25, -0.2) is 0 Å². The maximum atomic E-state index is 11.3. The molecule has 6 heteroatoms. The van der Waals surface area contributed by atoms with Crippen LogP contribution in [0, 0.1) is 11.3 Å². The van der Waals surface area contributed by atoms with E-state index < -0.39 is 0 Å². The van der Waals surface area contributed by atoms with E-state index in [0.29, 0.717) is 18.8 Å². The molecule has 0 fully saturated rings. The summed E-state index contributed by atoms with van der Waals surface area (Å²) in [6.07, 6.45) is 0.428. The number of amides is 1. The van der Waals surface area contributed by atoms with Crippen molar-refractivity contribution in [2.45, 2.75) is 26.3 Å². The molecule has 0 bridgehead atoms. The molecule has 0 aliphatic heterocycles. The second kappa shape index (κ2) is 6.55. The molecule has 0 atom stereocenters. The Bertz CT molecular complexity index is 435. The van der Waals surface area contributed by atoms with Crippen LogP contribution in [0.4, 0.5) is 5.82 Å². The summed E-state index contributed by atoms with van der Waals surface area (Å²) in [7, 11) is 1.55. The van der Waals surface area contributed by atoms with Crippen molar-refractivity contribution < 1.29 is 4.79 Å². The van der Waals surface area contributed by atoms with E-state index in [9.17, 15) is 4.79 Å². The van der Waals surface area contributed by atoms with Crippen LogP contribution in [0.15, 0.2) is 12.1 Å². The first-order chi connectivity index (χ1) is 8.60. The molecule has 0 saturated carbocycles. The zero-order chi connectivity index (χ0) is 13.5. The molecule has 18 heavy (non-hydrogen) atoms. The molecule has 0 radical (unpaired) electrons. The summed E-state index contributed by atoms with van der Waals surface area (Å²) in [4.78, 5) is 13.3. The third-order valence-corrected chi connectivity index (χ3v) is 2.49. The number of aromatic nitrogens is 2. The first kappa shape index (κ1) is 13.9. The summed E-state index contributed by atoms with van der Waals surface area (Å²) < 4.78 is 0. The first-order valence-corrected chi connectivity index (χ1v) is 5.79. The summed E-state index contributed by atoms with van der Waals surface area (Å²) in [6.45, 7) is 4.64. The van der Waals surface area contributed by atoms with Crippen LogP contribution in [0.25, 0.3) is 0 Å². The molecule has 1 rings (SSSR count). The first-order valence-electron chi connectivity index (χ1n) is 5.79. The SMILES string of the molecule is CNC(=O)c1ccc(N(CCC#N)C(C)C)nn1. The molecule has 0 aromatic carbocycles. The second-order valence-electron chi connectivity index (χ2n) is 4.05. The standard InChI is InChI=1S/C12H17N5O/c1-9(2)17(8-4-7-13)11-6-5-10(15-16-11)12(18)14-3/h5-6,9H,4,8H2,1-3H3,(H,14,18). The summed E-state index contributed by atoms with van der Waals surface area (Å²) in [5.74, 6) is 0.412. The highest BCUT2D eigenvalue weighted by atomic mass is 16.1. The Morgan fingerprint density at radius 3 is 2.67 bits per heavy atom. The lowest BCUT2D eigenvalue weighted by Gasteiger charge is -2.26. The van der Waals surface area contributed by atoms with Crippen molar-refractivity contribution in [3.8, 4) is 6.07 Å². The van der Waals surface area contributed by atoms with E-state index in [4.69, 9.17) is 5.26 Å². The van der Waals surface area contributed by atoms with Crippen LogP contribution >= 0.6 is 0 Å². The van der Waals surface area contributed by atoms with Gasteiger partial charge in [-0.3, -0.25) is 4.79 Å². The van der Waals surface area contributed by atoms with Gasteiger partial charge in [0.25, 0.3) is 5.91 Å². The summed E-state index contributed by atoms with van der Waals surface area (Å²) in [6, 6.07) is 5.70. The predicted octanol–water partition coefficient (Wildman–Crippen LogP) is 0.965. The van der Waals surface area contributed by atoms with Gasteiger partial charge in [-0.1, -0.05) is 0 Å². The van der Waals surface area contributed by atoms with Gasteiger partial charge in [0.2, 0.25) is 0 Å². The molecule has 0 aliphatic rings. The number of hydrogen-bond acceptors (Lipinski definition) is 5. The molecule has 96 valence electrons. The molecule has 0 unspecified atom stereocenters. The largest absolute Gasteiger partial charge is 0.354 e. The summed E-state index contributed by atoms with van der Waals surface area (Å²) in [5.41, 5.74) is 0.283. The highest BCUT2D eigenvalue weighted by Crippen LogP contribution is 2.13. The van der Waals surface area contributed by atoms with Gasteiger partial charge in [0.1, 0.15) is 0 Å². The quantitative estimate of drug-likeness (QED) is 0.838. The summed E-state index contributed by atoms with van der Waals surface area (Å²) >= 11 is 0. The zero-order valence-corrected chi connectivity index (χ0v) is 10.8. The Hall–Kier alpha value is -2.16. The van der Waals surface area contributed by atoms with Crippen molar-refractivity contribution in [3.63, 3.8) is 0 Å². The van der Waals surface area contributed by atoms with Gasteiger partial charge in [-0.05, 0) is 26.0 Å². The van der Waals surface area contributed by atoms with Gasteiger partial charge < -0.3 is 10.2 Å². The molecule has 1 heterocycles. The van der Waals surface area contributed by atoms with E-state index in [0.717, 1.165) is 0 Å². The normalized spacial score (nSPS) is 9.94. The van der Waals surface area contributed by atoms with Crippen LogP contribution in [-0.4, -0.2) is 35.7 Å². The van der Waals surface area contributed by atoms with Gasteiger partial charge in [0, 0.05) is 19.6 Å². The molecule has 1 amide bonds. The highest BCUT2D eigenvalue weighted by molar-refractivity contribution is 5.91. The molecular weight excluding hydrogens is 230 g/mol. The molecule has 1 aromatic rings. The highest BCUT2D eigenvalue weighted by Gasteiger charge is 2.13. The number of nitriles is 1. The maximum Gasteiger partial charge on any atom is 0.271 e. The summed E-state index contributed by atoms with van der Waals surface area (Å²) in [5, 5.41) is 19.0. The van der Waals surface area contributed by atoms with Gasteiger partial charge >= 0.3 is 0 Å². The van der Waals surface area contributed by atoms with E-state index >= 15 is 0 Å². The Morgan fingerprint density at radius 2 is 2.22 bits per heavy atom. The fourth-order valence-electron chi connectivity index (χ4n) is 1.54. The molecule has 0 saturated heterocycles. The smallest absolute Gasteiger partial charge is 0.271 e. The minimum absolute atomic E-state index is 0.221. The van der Waals surface area contributed by atoms with Crippen LogP contribution in [0.3, 0.4) is 0 Å². The average Bonchev–Trinajstić information content (AvgIpc) is 2.38. The lowest BCUT2D eigenvalue weighted by atomic mass is 10.2. The van der Waals surface area contributed by atoms with Gasteiger partial charge in [0.05, 0.1) is 12.5 Å². The van der Waals surface area contributed by atoms with E-state index in [2.05, 4.69) is 21.6 Å². The van der Waals surface area contributed by atoms with Gasteiger partial charge in [-0.15, -0.1) is 10.2 Å². The number of rotatable bonds is 5. The van der Waals surface area contributed by atoms with Crippen LogP contribution < -0.4 is 10.2 Å². The van der Waals surface area contributed by atoms with E-state index in [1.807, 2.05) is 18.7 Å². The zero-order valence-electron chi connectivity index (χ0n) is 10.8.